The molecule has 1 aliphatic carbocycles. The van der Waals surface area contributed by atoms with Gasteiger partial charge in [0.05, 0.1) is 0 Å². The van der Waals surface area contributed by atoms with Crippen LogP contribution in [0.1, 0.15) is 44.9 Å². The largest absolute Gasteiger partial charge is 0.356 e. The molecule has 26 heavy (non-hydrogen) atoms. The number of hydrogen-bond donors (Lipinski definition) is 2. The van der Waals surface area contributed by atoms with Crippen LogP contribution in [0.15, 0.2) is 33.9 Å². The van der Waals surface area contributed by atoms with Gasteiger partial charge in [-0.3, -0.25) is 9.98 Å². The summed E-state index contributed by atoms with van der Waals surface area (Å²) < 4.78 is 5.28. The second-order valence-corrected chi connectivity index (χ2v) is 6.76. The first-order valence-electron chi connectivity index (χ1n) is 9.49. The van der Waals surface area contributed by atoms with E-state index < -0.39 is 0 Å². The second kappa shape index (κ2) is 9.31. The average molecular weight is 356 g/mol. The topological polar surface area (TPSA) is 88.2 Å². The fraction of sp³-hybridized carbons (Fsp3) is 0.579. The molecule has 140 valence electrons. The molecule has 0 aromatic carbocycles. The molecule has 3 rings (SSSR count). The number of pyridine rings is 1. The van der Waals surface area contributed by atoms with Gasteiger partial charge in [-0.1, -0.05) is 37.4 Å². The molecule has 1 aliphatic rings. The van der Waals surface area contributed by atoms with Crippen molar-refractivity contribution in [1.29, 1.82) is 0 Å². The smallest absolute Gasteiger partial charge is 0.276 e. The monoisotopic (exact) mass is 356 g/mol. The summed E-state index contributed by atoms with van der Waals surface area (Å²) in [6, 6.07) is 6.13. The van der Waals surface area contributed by atoms with Crippen LogP contribution in [0.3, 0.4) is 0 Å². The van der Waals surface area contributed by atoms with Crippen molar-refractivity contribution in [3.05, 3.63) is 30.2 Å². The van der Waals surface area contributed by atoms with E-state index in [9.17, 15) is 0 Å². The molecule has 1 fully saturated rings. The Labute approximate surface area is 154 Å². The van der Waals surface area contributed by atoms with Gasteiger partial charge in [-0.15, -0.1) is 0 Å². The summed E-state index contributed by atoms with van der Waals surface area (Å²) in [5.41, 5.74) is 0.694. The number of aromatic nitrogens is 3. The van der Waals surface area contributed by atoms with Crippen molar-refractivity contribution in [2.75, 3.05) is 13.6 Å². The lowest BCUT2D eigenvalue weighted by Crippen LogP contribution is -2.45. The molecule has 7 nitrogen and oxygen atoms in total. The molecule has 2 aromatic heterocycles. The van der Waals surface area contributed by atoms with E-state index in [1.807, 2.05) is 25.2 Å². The van der Waals surface area contributed by atoms with E-state index in [1.165, 1.54) is 32.1 Å². The van der Waals surface area contributed by atoms with Gasteiger partial charge < -0.3 is 15.2 Å². The molecule has 0 saturated heterocycles. The van der Waals surface area contributed by atoms with Crippen LogP contribution in [0.25, 0.3) is 11.6 Å². The summed E-state index contributed by atoms with van der Waals surface area (Å²) in [6.45, 7) is 2.98. The molecule has 2 N–H and O–H groups in total. The first-order chi connectivity index (χ1) is 12.8. The van der Waals surface area contributed by atoms with Gasteiger partial charge in [0.2, 0.25) is 0 Å². The maximum Gasteiger partial charge on any atom is 0.276 e. The van der Waals surface area contributed by atoms with Crippen LogP contribution in [-0.2, 0) is 6.42 Å². The lowest BCUT2D eigenvalue weighted by Gasteiger charge is -2.30. The van der Waals surface area contributed by atoms with E-state index in [0.717, 1.165) is 11.9 Å². The zero-order chi connectivity index (χ0) is 18.2. The molecular formula is C19H28N6O. The second-order valence-electron chi connectivity index (χ2n) is 6.76. The van der Waals surface area contributed by atoms with Gasteiger partial charge in [0.25, 0.3) is 5.89 Å². The van der Waals surface area contributed by atoms with Gasteiger partial charge in [-0.05, 0) is 30.9 Å². The summed E-state index contributed by atoms with van der Waals surface area (Å²) in [4.78, 5) is 13.0. The van der Waals surface area contributed by atoms with Crippen molar-refractivity contribution >= 4 is 5.96 Å². The molecule has 2 unspecified atom stereocenters. The van der Waals surface area contributed by atoms with Gasteiger partial charge in [-0.2, -0.15) is 4.98 Å². The van der Waals surface area contributed by atoms with Crippen molar-refractivity contribution in [3.63, 3.8) is 0 Å². The van der Waals surface area contributed by atoms with Crippen LogP contribution in [0.4, 0.5) is 0 Å². The predicted octanol–water partition coefficient (Wildman–Crippen LogP) is 2.81. The van der Waals surface area contributed by atoms with Crippen molar-refractivity contribution in [3.8, 4) is 11.6 Å². The van der Waals surface area contributed by atoms with Gasteiger partial charge >= 0.3 is 0 Å². The summed E-state index contributed by atoms with van der Waals surface area (Å²) in [6.07, 6.45) is 8.75. The predicted molar refractivity (Wildman–Crippen MR) is 102 cm³/mol. The van der Waals surface area contributed by atoms with E-state index in [0.29, 0.717) is 36.4 Å². The Morgan fingerprint density at radius 1 is 1.35 bits per heavy atom. The van der Waals surface area contributed by atoms with Crippen molar-refractivity contribution in [2.24, 2.45) is 10.9 Å². The van der Waals surface area contributed by atoms with Gasteiger partial charge in [-0.25, -0.2) is 0 Å². The Balaban J connectivity index is 1.45. The number of guanidine groups is 1. The number of rotatable bonds is 6. The normalized spacial score (nSPS) is 20.8. The van der Waals surface area contributed by atoms with E-state index in [2.05, 4.69) is 37.7 Å². The van der Waals surface area contributed by atoms with E-state index in [1.54, 1.807) is 6.20 Å². The van der Waals surface area contributed by atoms with E-state index in [4.69, 9.17) is 4.52 Å². The quantitative estimate of drug-likeness (QED) is 0.611. The fourth-order valence-corrected chi connectivity index (χ4v) is 3.42. The maximum absolute atomic E-state index is 5.28. The summed E-state index contributed by atoms with van der Waals surface area (Å²) in [5, 5.41) is 10.9. The van der Waals surface area contributed by atoms with E-state index in [-0.39, 0.29) is 0 Å². The molecular weight excluding hydrogens is 328 g/mol. The Morgan fingerprint density at radius 3 is 3.04 bits per heavy atom. The Bertz CT molecular complexity index is 699. The zero-order valence-electron chi connectivity index (χ0n) is 15.6. The summed E-state index contributed by atoms with van der Waals surface area (Å²) in [7, 11) is 1.81. The highest BCUT2D eigenvalue weighted by molar-refractivity contribution is 5.79. The van der Waals surface area contributed by atoms with Crippen LogP contribution in [0.5, 0.6) is 0 Å². The van der Waals surface area contributed by atoms with Crippen molar-refractivity contribution in [1.82, 2.24) is 25.8 Å². The molecule has 0 radical (unpaired) electrons. The highest BCUT2D eigenvalue weighted by atomic mass is 16.5. The van der Waals surface area contributed by atoms with Crippen LogP contribution in [0, 0.1) is 5.92 Å². The molecule has 1 saturated carbocycles. The minimum Gasteiger partial charge on any atom is -0.356 e. The average Bonchev–Trinajstić information content (AvgIpc) is 3.17. The molecule has 2 heterocycles. The minimum atomic E-state index is 0.455. The molecule has 0 aliphatic heterocycles. The number of aliphatic imine (C=N–C) groups is 1. The number of hydrogen-bond acceptors (Lipinski definition) is 5. The van der Waals surface area contributed by atoms with Gasteiger partial charge in [0.1, 0.15) is 5.69 Å². The number of nitrogens with zero attached hydrogens (tertiary/aromatic N) is 4. The molecule has 0 spiro atoms. The SMILES string of the molecule is CCC1CCCC(NC(=NC)NCCc2noc(-c3ccccn3)n2)C1. The molecule has 0 bridgehead atoms. The molecule has 2 atom stereocenters. The minimum absolute atomic E-state index is 0.455. The molecule has 2 aromatic rings. The first-order valence-corrected chi connectivity index (χ1v) is 9.49. The fourth-order valence-electron chi connectivity index (χ4n) is 3.42. The Hall–Kier alpha value is -2.44. The summed E-state index contributed by atoms with van der Waals surface area (Å²) >= 11 is 0. The van der Waals surface area contributed by atoms with Crippen LogP contribution >= 0.6 is 0 Å². The molecule has 0 amide bonds. The highest BCUT2D eigenvalue weighted by Crippen LogP contribution is 2.26. The highest BCUT2D eigenvalue weighted by Gasteiger charge is 2.21. The molecule has 7 heteroatoms. The van der Waals surface area contributed by atoms with Crippen molar-refractivity contribution in [2.45, 2.75) is 51.5 Å². The van der Waals surface area contributed by atoms with Gasteiger partial charge in [0, 0.05) is 32.3 Å². The Kier molecular flexibility index (Phi) is 6.57. The standard InChI is InChI=1S/C19H28N6O/c1-3-14-7-6-8-15(13-14)23-19(20-2)22-12-10-17-24-18(26-25-17)16-9-4-5-11-21-16/h4-5,9,11,14-15H,3,6-8,10,12-13H2,1-2H3,(H2,20,22,23). The van der Waals surface area contributed by atoms with Crippen molar-refractivity contribution < 1.29 is 4.52 Å². The van der Waals surface area contributed by atoms with E-state index >= 15 is 0 Å². The number of nitrogens with one attached hydrogen (secondary N) is 2. The van der Waals surface area contributed by atoms with Crippen LogP contribution in [0.2, 0.25) is 0 Å². The van der Waals surface area contributed by atoms with Crippen LogP contribution in [-0.4, -0.2) is 40.7 Å². The third-order valence-corrected chi connectivity index (χ3v) is 4.92. The summed E-state index contributed by atoms with van der Waals surface area (Å²) in [5.74, 6) is 2.80. The maximum atomic E-state index is 5.28. The third kappa shape index (κ3) is 5.03. The van der Waals surface area contributed by atoms with Crippen LogP contribution < -0.4 is 10.6 Å². The lowest BCUT2D eigenvalue weighted by molar-refractivity contribution is 0.298. The lowest BCUT2D eigenvalue weighted by atomic mass is 9.84. The first kappa shape index (κ1) is 18.4. The zero-order valence-corrected chi connectivity index (χ0v) is 15.6. The third-order valence-electron chi connectivity index (χ3n) is 4.92. The Morgan fingerprint density at radius 2 is 2.27 bits per heavy atom. The van der Waals surface area contributed by atoms with Gasteiger partial charge in [0.15, 0.2) is 11.8 Å².